The Bertz CT molecular complexity index is 633. The molecule has 0 bridgehead atoms. The van der Waals surface area contributed by atoms with E-state index in [9.17, 15) is 9.90 Å². The summed E-state index contributed by atoms with van der Waals surface area (Å²) in [5.74, 6) is -0.0883. The number of anilines is 2. The molecule has 0 aliphatic heterocycles. The minimum absolute atomic E-state index is 0.144. The van der Waals surface area contributed by atoms with Crippen LogP contribution in [0.3, 0.4) is 0 Å². The second-order valence-electron chi connectivity index (χ2n) is 4.38. The Morgan fingerprint density at radius 3 is 2.65 bits per heavy atom. The minimum atomic E-state index is -0.425. The lowest BCUT2D eigenvalue weighted by molar-refractivity contribution is 0.102. The third kappa shape index (κ3) is 2.66. The number of hydrogen-bond acceptors (Lipinski definition) is 4. The van der Waals surface area contributed by atoms with Crippen molar-refractivity contribution in [3.8, 4) is 11.5 Å². The molecule has 5 nitrogen and oxygen atoms in total. The summed E-state index contributed by atoms with van der Waals surface area (Å²) in [7, 11) is 1.49. The van der Waals surface area contributed by atoms with Gasteiger partial charge in [-0.05, 0) is 30.7 Å². The first kappa shape index (κ1) is 13.7. The van der Waals surface area contributed by atoms with Crippen molar-refractivity contribution in [2.45, 2.75) is 6.92 Å². The maximum Gasteiger partial charge on any atom is 0.259 e. The molecule has 0 atom stereocenters. The molecule has 4 N–H and O–H groups in total. The highest BCUT2D eigenvalue weighted by Gasteiger charge is 2.14. The van der Waals surface area contributed by atoms with Crippen LogP contribution in [0.15, 0.2) is 36.4 Å². The summed E-state index contributed by atoms with van der Waals surface area (Å²) < 4.78 is 4.97. The highest BCUT2D eigenvalue weighted by molar-refractivity contribution is 6.08. The molecule has 0 aliphatic rings. The van der Waals surface area contributed by atoms with Gasteiger partial charge in [0.15, 0.2) is 0 Å². The highest BCUT2D eigenvalue weighted by Crippen LogP contribution is 2.27. The number of nitrogen functional groups attached to an aromatic ring is 1. The zero-order chi connectivity index (χ0) is 14.7. The number of methoxy groups -OCH3 is 1. The average molecular weight is 272 g/mol. The molecular weight excluding hydrogens is 256 g/mol. The largest absolute Gasteiger partial charge is 0.507 e. The molecule has 0 heterocycles. The number of aromatic hydroxyl groups is 1. The van der Waals surface area contributed by atoms with Crippen LogP contribution in [0.2, 0.25) is 0 Å². The van der Waals surface area contributed by atoms with Crippen LogP contribution >= 0.6 is 0 Å². The fourth-order valence-corrected chi connectivity index (χ4v) is 1.87. The highest BCUT2D eigenvalue weighted by atomic mass is 16.5. The standard InChI is InChI=1S/C15H16N2O3/c1-9-4-3-5-12(16)14(9)17-15(19)11-7-6-10(20-2)8-13(11)18/h3-8,18H,16H2,1-2H3,(H,17,19). The zero-order valence-corrected chi connectivity index (χ0v) is 11.3. The van der Waals surface area contributed by atoms with Crippen molar-refractivity contribution in [1.29, 1.82) is 0 Å². The van der Waals surface area contributed by atoms with E-state index in [1.54, 1.807) is 12.1 Å². The Morgan fingerprint density at radius 2 is 2.05 bits per heavy atom. The fourth-order valence-electron chi connectivity index (χ4n) is 1.87. The van der Waals surface area contributed by atoms with Crippen LogP contribution in [-0.4, -0.2) is 18.1 Å². The summed E-state index contributed by atoms with van der Waals surface area (Å²) >= 11 is 0. The number of nitrogens with two attached hydrogens (primary N) is 1. The van der Waals surface area contributed by atoms with Crippen LogP contribution < -0.4 is 15.8 Å². The number of phenolic OH excluding ortho intramolecular Hbond substituents is 1. The number of aryl methyl sites for hydroxylation is 1. The van der Waals surface area contributed by atoms with Crippen molar-refractivity contribution in [2.24, 2.45) is 0 Å². The van der Waals surface area contributed by atoms with E-state index in [0.29, 0.717) is 17.1 Å². The van der Waals surface area contributed by atoms with E-state index in [-0.39, 0.29) is 11.3 Å². The van der Waals surface area contributed by atoms with Crippen molar-refractivity contribution in [3.05, 3.63) is 47.5 Å². The molecule has 20 heavy (non-hydrogen) atoms. The number of hydrogen-bond donors (Lipinski definition) is 3. The lowest BCUT2D eigenvalue weighted by atomic mass is 10.1. The van der Waals surface area contributed by atoms with Gasteiger partial charge in [-0.1, -0.05) is 12.1 Å². The molecule has 0 fully saturated rings. The summed E-state index contributed by atoms with van der Waals surface area (Å²) in [5, 5.41) is 12.5. The van der Waals surface area contributed by atoms with E-state index < -0.39 is 5.91 Å². The van der Waals surface area contributed by atoms with Gasteiger partial charge in [-0.3, -0.25) is 4.79 Å². The third-order valence-corrected chi connectivity index (χ3v) is 2.99. The molecular formula is C15H16N2O3. The van der Waals surface area contributed by atoms with Crippen LogP contribution in [0.25, 0.3) is 0 Å². The van der Waals surface area contributed by atoms with Crippen molar-refractivity contribution in [3.63, 3.8) is 0 Å². The Kier molecular flexibility index (Phi) is 3.79. The molecule has 5 heteroatoms. The fraction of sp³-hybridized carbons (Fsp3) is 0.133. The molecule has 2 aromatic rings. The van der Waals surface area contributed by atoms with E-state index in [1.165, 1.54) is 19.2 Å². The van der Waals surface area contributed by atoms with Crippen LogP contribution in [0.5, 0.6) is 11.5 Å². The van der Waals surface area contributed by atoms with Crippen LogP contribution in [-0.2, 0) is 0 Å². The number of ether oxygens (including phenoxy) is 1. The van der Waals surface area contributed by atoms with E-state index in [0.717, 1.165) is 5.56 Å². The molecule has 104 valence electrons. The molecule has 0 aliphatic carbocycles. The molecule has 0 spiro atoms. The third-order valence-electron chi connectivity index (χ3n) is 2.99. The van der Waals surface area contributed by atoms with Gasteiger partial charge in [0.05, 0.1) is 24.0 Å². The molecule has 0 saturated carbocycles. The summed E-state index contributed by atoms with van der Waals surface area (Å²) in [6.45, 7) is 1.85. The number of phenols is 1. The second kappa shape index (κ2) is 5.52. The van der Waals surface area contributed by atoms with Crippen molar-refractivity contribution in [1.82, 2.24) is 0 Å². The Morgan fingerprint density at radius 1 is 1.30 bits per heavy atom. The van der Waals surface area contributed by atoms with E-state index in [2.05, 4.69) is 5.32 Å². The number of carbonyl (C=O) groups is 1. The maximum absolute atomic E-state index is 12.2. The maximum atomic E-state index is 12.2. The van der Waals surface area contributed by atoms with Crippen molar-refractivity contribution >= 4 is 17.3 Å². The van der Waals surface area contributed by atoms with Gasteiger partial charge in [0.1, 0.15) is 11.5 Å². The van der Waals surface area contributed by atoms with Crippen molar-refractivity contribution in [2.75, 3.05) is 18.2 Å². The summed E-state index contributed by atoms with van der Waals surface area (Å²) in [6.07, 6.45) is 0. The monoisotopic (exact) mass is 272 g/mol. The van der Waals surface area contributed by atoms with Gasteiger partial charge in [-0.15, -0.1) is 0 Å². The van der Waals surface area contributed by atoms with Crippen LogP contribution in [0, 0.1) is 6.92 Å². The quantitative estimate of drug-likeness (QED) is 0.750. The Balaban J connectivity index is 2.29. The van der Waals surface area contributed by atoms with Crippen molar-refractivity contribution < 1.29 is 14.6 Å². The summed E-state index contributed by atoms with van der Waals surface area (Å²) in [4.78, 5) is 12.2. The van der Waals surface area contributed by atoms with E-state index in [1.807, 2.05) is 19.1 Å². The van der Waals surface area contributed by atoms with Gasteiger partial charge in [-0.25, -0.2) is 0 Å². The van der Waals surface area contributed by atoms with Gasteiger partial charge in [-0.2, -0.15) is 0 Å². The summed E-state index contributed by atoms with van der Waals surface area (Å²) in [5.41, 5.74) is 7.87. The molecule has 1 amide bonds. The number of amides is 1. The van der Waals surface area contributed by atoms with Crippen LogP contribution in [0.1, 0.15) is 15.9 Å². The number of benzene rings is 2. The number of para-hydroxylation sites is 1. The smallest absolute Gasteiger partial charge is 0.259 e. The van der Waals surface area contributed by atoms with Gasteiger partial charge >= 0.3 is 0 Å². The number of rotatable bonds is 3. The Labute approximate surface area is 117 Å². The van der Waals surface area contributed by atoms with Gasteiger partial charge in [0.25, 0.3) is 5.91 Å². The average Bonchev–Trinajstić information content (AvgIpc) is 2.42. The van der Waals surface area contributed by atoms with Gasteiger partial charge < -0.3 is 20.9 Å². The molecule has 2 rings (SSSR count). The summed E-state index contributed by atoms with van der Waals surface area (Å²) in [6, 6.07) is 9.85. The van der Waals surface area contributed by atoms with Gasteiger partial charge in [0, 0.05) is 6.07 Å². The van der Waals surface area contributed by atoms with Crippen LogP contribution in [0.4, 0.5) is 11.4 Å². The first-order valence-electron chi connectivity index (χ1n) is 6.06. The normalized spacial score (nSPS) is 10.1. The minimum Gasteiger partial charge on any atom is -0.507 e. The lowest BCUT2D eigenvalue weighted by Crippen LogP contribution is -2.14. The predicted octanol–water partition coefficient (Wildman–Crippen LogP) is 2.54. The molecule has 0 radical (unpaired) electrons. The topological polar surface area (TPSA) is 84.6 Å². The Hall–Kier alpha value is -2.69. The van der Waals surface area contributed by atoms with Gasteiger partial charge in [0.2, 0.25) is 0 Å². The molecule has 0 unspecified atom stereocenters. The van der Waals surface area contributed by atoms with E-state index >= 15 is 0 Å². The molecule has 2 aromatic carbocycles. The first-order chi connectivity index (χ1) is 9.52. The lowest BCUT2D eigenvalue weighted by Gasteiger charge is -2.12. The predicted molar refractivity (Wildman–Crippen MR) is 78.2 cm³/mol. The zero-order valence-electron chi connectivity index (χ0n) is 11.3. The first-order valence-corrected chi connectivity index (χ1v) is 6.06. The van der Waals surface area contributed by atoms with E-state index in [4.69, 9.17) is 10.5 Å². The number of nitrogens with one attached hydrogen (secondary N) is 1. The second-order valence-corrected chi connectivity index (χ2v) is 4.38. The SMILES string of the molecule is COc1ccc(C(=O)Nc2c(C)cccc2N)c(O)c1. The molecule has 0 saturated heterocycles. The molecule has 0 aromatic heterocycles. The number of carbonyl (C=O) groups excluding carboxylic acids is 1.